The molecule has 2 heterocycles. The Morgan fingerprint density at radius 2 is 2.18 bits per heavy atom. The summed E-state index contributed by atoms with van der Waals surface area (Å²) in [5.41, 5.74) is 11.7. The fraction of sp³-hybridized carbons (Fsp3) is 0.308. The largest absolute Gasteiger partial charge is 0.325 e. The van der Waals surface area contributed by atoms with Crippen LogP contribution in [0.2, 0.25) is 0 Å². The minimum absolute atomic E-state index is 0.526. The van der Waals surface area contributed by atoms with Crippen LogP contribution in [0.3, 0.4) is 0 Å². The Labute approximate surface area is 100 Å². The second kappa shape index (κ2) is 3.98. The minimum Gasteiger partial charge on any atom is -0.325 e. The quantitative estimate of drug-likeness (QED) is 0.813. The Morgan fingerprint density at radius 3 is 2.94 bits per heavy atom. The highest BCUT2D eigenvalue weighted by molar-refractivity contribution is 5.44. The summed E-state index contributed by atoms with van der Waals surface area (Å²) in [6.07, 6.45) is 0. The van der Waals surface area contributed by atoms with Crippen LogP contribution in [-0.4, -0.2) is 9.78 Å². The SMILES string of the molecule is Cc1ccccc1-n1nc2c(c1CN)CNC2. The molecule has 2 aromatic rings. The predicted octanol–water partition coefficient (Wildman–Crippen LogP) is 1.24. The molecule has 88 valence electrons. The van der Waals surface area contributed by atoms with Gasteiger partial charge in [0.2, 0.25) is 0 Å². The van der Waals surface area contributed by atoms with Gasteiger partial charge >= 0.3 is 0 Å². The zero-order chi connectivity index (χ0) is 11.8. The number of aryl methyl sites for hydroxylation is 1. The van der Waals surface area contributed by atoms with E-state index in [1.54, 1.807) is 0 Å². The van der Waals surface area contributed by atoms with E-state index in [1.807, 2.05) is 16.8 Å². The third-order valence-electron chi connectivity index (χ3n) is 3.30. The molecule has 4 heteroatoms. The summed E-state index contributed by atoms with van der Waals surface area (Å²) < 4.78 is 2.00. The number of fused-ring (bicyclic) bond motifs is 1. The number of nitrogens with one attached hydrogen (secondary N) is 1. The van der Waals surface area contributed by atoms with Gasteiger partial charge in [-0.1, -0.05) is 18.2 Å². The van der Waals surface area contributed by atoms with E-state index in [1.165, 1.54) is 11.1 Å². The van der Waals surface area contributed by atoms with Crippen molar-refractivity contribution in [2.24, 2.45) is 5.73 Å². The van der Waals surface area contributed by atoms with Gasteiger partial charge in [0.15, 0.2) is 0 Å². The molecule has 1 aromatic carbocycles. The maximum Gasteiger partial charge on any atom is 0.0815 e. The van der Waals surface area contributed by atoms with E-state index in [9.17, 15) is 0 Å². The van der Waals surface area contributed by atoms with Crippen molar-refractivity contribution < 1.29 is 0 Å². The number of hydrogen-bond acceptors (Lipinski definition) is 3. The van der Waals surface area contributed by atoms with Crippen LogP contribution < -0.4 is 11.1 Å². The van der Waals surface area contributed by atoms with Gasteiger partial charge in [0.1, 0.15) is 0 Å². The van der Waals surface area contributed by atoms with Crippen LogP contribution in [0.4, 0.5) is 0 Å². The lowest BCUT2D eigenvalue weighted by molar-refractivity contribution is 0.697. The molecule has 0 amide bonds. The average molecular weight is 228 g/mol. The Kier molecular flexibility index (Phi) is 2.46. The first-order chi connectivity index (χ1) is 8.31. The molecule has 0 aliphatic carbocycles. The molecule has 4 nitrogen and oxygen atoms in total. The van der Waals surface area contributed by atoms with E-state index < -0.39 is 0 Å². The Bertz CT molecular complexity index is 557. The highest BCUT2D eigenvalue weighted by atomic mass is 15.3. The second-order valence-electron chi connectivity index (χ2n) is 4.38. The summed E-state index contributed by atoms with van der Waals surface area (Å²) in [4.78, 5) is 0. The first kappa shape index (κ1) is 10.5. The third-order valence-corrected chi connectivity index (χ3v) is 3.30. The molecule has 0 saturated heterocycles. The molecule has 1 aliphatic rings. The van der Waals surface area contributed by atoms with Crippen molar-refractivity contribution in [3.8, 4) is 5.69 Å². The predicted molar refractivity (Wildman–Crippen MR) is 66.7 cm³/mol. The summed E-state index contributed by atoms with van der Waals surface area (Å²) in [6.45, 7) is 4.36. The maximum atomic E-state index is 5.87. The molecule has 0 bridgehead atoms. The van der Waals surface area contributed by atoms with E-state index in [0.717, 1.165) is 30.2 Å². The number of para-hydroxylation sites is 1. The molecule has 1 aromatic heterocycles. The first-order valence-electron chi connectivity index (χ1n) is 5.87. The number of hydrogen-bond donors (Lipinski definition) is 2. The molecule has 0 atom stereocenters. The van der Waals surface area contributed by atoms with Crippen molar-refractivity contribution in [2.45, 2.75) is 26.6 Å². The molecule has 0 spiro atoms. The molecule has 0 unspecified atom stereocenters. The van der Waals surface area contributed by atoms with Crippen LogP contribution in [0, 0.1) is 6.92 Å². The Morgan fingerprint density at radius 1 is 1.35 bits per heavy atom. The van der Waals surface area contributed by atoms with E-state index in [4.69, 9.17) is 5.73 Å². The molecule has 1 aliphatic heterocycles. The molecule has 0 saturated carbocycles. The van der Waals surface area contributed by atoms with Crippen molar-refractivity contribution in [1.29, 1.82) is 0 Å². The van der Waals surface area contributed by atoms with E-state index in [2.05, 4.69) is 29.5 Å². The molecule has 3 rings (SSSR count). The van der Waals surface area contributed by atoms with Crippen LogP contribution in [0.15, 0.2) is 24.3 Å². The van der Waals surface area contributed by atoms with Crippen LogP contribution in [-0.2, 0) is 19.6 Å². The monoisotopic (exact) mass is 228 g/mol. The van der Waals surface area contributed by atoms with Gasteiger partial charge in [-0.05, 0) is 18.6 Å². The number of benzene rings is 1. The molecular weight excluding hydrogens is 212 g/mol. The average Bonchev–Trinajstić information content (AvgIpc) is 2.89. The van der Waals surface area contributed by atoms with Gasteiger partial charge in [-0.3, -0.25) is 0 Å². The second-order valence-corrected chi connectivity index (χ2v) is 4.38. The zero-order valence-corrected chi connectivity index (χ0v) is 9.90. The van der Waals surface area contributed by atoms with Gasteiger partial charge in [0.05, 0.1) is 17.1 Å². The Hall–Kier alpha value is -1.65. The molecule has 0 radical (unpaired) electrons. The van der Waals surface area contributed by atoms with Crippen molar-refractivity contribution in [3.05, 3.63) is 46.8 Å². The lowest BCUT2D eigenvalue weighted by Crippen LogP contribution is -2.13. The Balaban J connectivity index is 2.19. The summed E-state index contributed by atoms with van der Waals surface area (Å²) in [5.74, 6) is 0. The molecule has 17 heavy (non-hydrogen) atoms. The topological polar surface area (TPSA) is 55.9 Å². The van der Waals surface area contributed by atoms with Gasteiger partial charge in [-0.25, -0.2) is 4.68 Å². The minimum atomic E-state index is 0.526. The number of rotatable bonds is 2. The fourth-order valence-corrected chi connectivity index (χ4v) is 2.40. The van der Waals surface area contributed by atoms with Crippen molar-refractivity contribution in [2.75, 3.05) is 0 Å². The van der Waals surface area contributed by atoms with E-state index in [0.29, 0.717) is 6.54 Å². The van der Waals surface area contributed by atoms with Gasteiger partial charge in [-0.15, -0.1) is 0 Å². The van der Waals surface area contributed by atoms with Crippen molar-refractivity contribution in [1.82, 2.24) is 15.1 Å². The molecular formula is C13H16N4. The number of aromatic nitrogens is 2. The van der Waals surface area contributed by atoms with Gasteiger partial charge in [0, 0.05) is 25.2 Å². The molecule has 0 fully saturated rings. The van der Waals surface area contributed by atoms with E-state index >= 15 is 0 Å². The third kappa shape index (κ3) is 1.57. The standard InChI is InChI=1S/C13H16N4/c1-9-4-2-3-5-12(9)17-13(6-14)10-7-15-8-11(10)16-17/h2-5,15H,6-8,14H2,1H3. The smallest absolute Gasteiger partial charge is 0.0815 e. The van der Waals surface area contributed by atoms with Crippen LogP contribution >= 0.6 is 0 Å². The van der Waals surface area contributed by atoms with Crippen molar-refractivity contribution in [3.63, 3.8) is 0 Å². The van der Waals surface area contributed by atoms with E-state index in [-0.39, 0.29) is 0 Å². The lowest BCUT2D eigenvalue weighted by atomic mass is 10.2. The van der Waals surface area contributed by atoms with Crippen LogP contribution in [0.25, 0.3) is 5.69 Å². The summed E-state index contributed by atoms with van der Waals surface area (Å²) in [5, 5.41) is 7.97. The van der Waals surface area contributed by atoms with Gasteiger partial charge in [-0.2, -0.15) is 5.10 Å². The summed E-state index contributed by atoms with van der Waals surface area (Å²) >= 11 is 0. The normalized spacial score (nSPS) is 14.0. The summed E-state index contributed by atoms with van der Waals surface area (Å²) in [6, 6.07) is 8.26. The van der Waals surface area contributed by atoms with Crippen LogP contribution in [0.1, 0.15) is 22.5 Å². The van der Waals surface area contributed by atoms with Crippen molar-refractivity contribution >= 4 is 0 Å². The highest BCUT2D eigenvalue weighted by Gasteiger charge is 2.21. The summed E-state index contributed by atoms with van der Waals surface area (Å²) in [7, 11) is 0. The maximum absolute atomic E-state index is 5.87. The first-order valence-corrected chi connectivity index (χ1v) is 5.87. The van der Waals surface area contributed by atoms with Gasteiger partial charge in [0.25, 0.3) is 0 Å². The van der Waals surface area contributed by atoms with Crippen LogP contribution in [0.5, 0.6) is 0 Å². The lowest BCUT2D eigenvalue weighted by Gasteiger charge is -2.10. The number of nitrogens with zero attached hydrogens (tertiary/aromatic N) is 2. The molecule has 3 N–H and O–H groups in total. The zero-order valence-electron chi connectivity index (χ0n) is 9.90. The fourth-order valence-electron chi connectivity index (χ4n) is 2.40. The highest BCUT2D eigenvalue weighted by Crippen LogP contribution is 2.23. The number of nitrogens with two attached hydrogens (primary N) is 1. The van der Waals surface area contributed by atoms with Gasteiger partial charge < -0.3 is 11.1 Å².